The Bertz CT molecular complexity index is 649. The number of benzene rings is 1. The van der Waals surface area contributed by atoms with Crippen LogP contribution < -0.4 is 4.74 Å². The number of nitrogens with zero attached hydrogens (tertiary/aromatic N) is 1. The molecule has 2 nitrogen and oxygen atoms in total. The van der Waals surface area contributed by atoms with Gasteiger partial charge in [-0.25, -0.2) is 0 Å². The minimum Gasteiger partial charge on any atom is -0.497 e. The van der Waals surface area contributed by atoms with Crippen LogP contribution in [0.4, 0.5) is 0 Å². The molecule has 0 spiro atoms. The van der Waals surface area contributed by atoms with Crippen LogP contribution in [0.2, 0.25) is 5.02 Å². The molecule has 100 valence electrons. The molecule has 1 aromatic heterocycles. The number of ether oxygens (including phenoxy) is 1. The van der Waals surface area contributed by atoms with E-state index in [1.54, 1.807) is 13.2 Å². The Morgan fingerprint density at radius 3 is 2.74 bits per heavy atom. The van der Waals surface area contributed by atoms with Gasteiger partial charge in [0.1, 0.15) is 10.2 Å². The van der Waals surface area contributed by atoms with E-state index in [0.29, 0.717) is 11.4 Å². The van der Waals surface area contributed by atoms with Crippen LogP contribution >= 0.6 is 34.8 Å². The predicted octanol–water partition coefficient (Wildman–Crippen LogP) is 5.07. The fourth-order valence-corrected chi connectivity index (χ4v) is 2.42. The highest BCUT2D eigenvalue weighted by Gasteiger charge is 2.11. The summed E-state index contributed by atoms with van der Waals surface area (Å²) in [5, 5.41) is 1.52. The summed E-state index contributed by atoms with van der Waals surface area (Å²) in [6, 6.07) is 5.63. The molecule has 0 bridgehead atoms. The quantitative estimate of drug-likeness (QED) is 0.789. The third-order valence-electron chi connectivity index (χ3n) is 2.89. The summed E-state index contributed by atoms with van der Waals surface area (Å²) in [5.74, 6) is 0.747. The summed E-state index contributed by atoms with van der Waals surface area (Å²) >= 11 is 17.7. The normalized spacial score (nSPS) is 10.6. The van der Waals surface area contributed by atoms with Gasteiger partial charge < -0.3 is 4.74 Å². The maximum atomic E-state index is 6.45. The molecule has 0 saturated heterocycles. The molecule has 0 saturated carbocycles. The fourth-order valence-electron chi connectivity index (χ4n) is 1.90. The molecule has 5 heteroatoms. The number of hydrogen-bond donors (Lipinski definition) is 0. The van der Waals surface area contributed by atoms with Crippen molar-refractivity contribution in [1.29, 1.82) is 0 Å². The first kappa shape index (κ1) is 14.4. The summed E-state index contributed by atoms with van der Waals surface area (Å²) in [7, 11) is 1.62. The highest BCUT2D eigenvalue weighted by Crippen LogP contribution is 2.31. The van der Waals surface area contributed by atoms with Crippen molar-refractivity contribution in [3.8, 4) is 5.75 Å². The van der Waals surface area contributed by atoms with Gasteiger partial charge in [0, 0.05) is 11.1 Å². The first-order chi connectivity index (χ1) is 9.02. The van der Waals surface area contributed by atoms with Crippen LogP contribution in [0.5, 0.6) is 5.75 Å². The Labute approximate surface area is 126 Å². The lowest BCUT2D eigenvalue weighted by Gasteiger charge is -2.10. The van der Waals surface area contributed by atoms with Crippen LogP contribution in [0.25, 0.3) is 10.9 Å². The fraction of sp³-hybridized carbons (Fsp3) is 0.214. The topological polar surface area (TPSA) is 22.1 Å². The van der Waals surface area contributed by atoms with Crippen LogP contribution in [-0.2, 0) is 6.42 Å². The SMILES string of the molecule is COc1ccc2nc(C)c(CC=C(Cl)Cl)c(Cl)c2c1. The number of aryl methyl sites for hydroxylation is 1. The molecule has 0 fully saturated rings. The summed E-state index contributed by atoms with van der Waals surface area (Å²) in [6.45, 7) is 1.92. The van der Waals surface area contributed by atoms with Crippen molar-refractivity contribution in [2.75, 3.05) is 7.11 Å². The second kappa shape index (κ2) is 6.00. The highest BCUT2D eigenvalue weighted by molar-refractivity contribution is 6.55. The first-order valence-electron chi connectivity index (χ1n) is 5.67. The summed E-state index contributed by atoms with van der Waals surface area (Å²) in [6.07, 6.45) is 2.25. The number of methoxy groups -OCH3 is 1. The number of fused-ring (bicyclic) bond motifs is 1. The van der Waals surface area contributed by atoms with Gasteiger partial charge in [-0.05, 0) is 43.2 Å². The average molecular weight is 317 g/mol. The van der Waals surface area contributed by atoms with Gasteiger partial charge in [-0.2, -0.15) is 0 Å². The smallest absolute Gasteiger partial charge is 0.119 e. The van der Waals surface area contributed by atoms with Gasteiger partial charge in [-0.3, -0.25) is 4.98 Å². The van der Waals surface area contributed by atoms with Gasteiger partial charge in [-0.1, -0.05) is 34.8 Å². The van der Waals surface area contributed by atoms with Gasteiger partial charge in [-0.15, -0.1) is 0 Å². The summed E-state index contributed by atoms with van der Waals surface area (Å²) < 4.78 is 5.43. The van der Waals surface area contributed by atoms with Gasteiger partial charge in [0.15, 0.2) is 0 Å². The molecule has 0 N–H and O–H groups in total. The van der Waals surface area contributed by atoms with Gasteiger partial charge >= 0.3 is 0 Å². The van der Waals surface area contributed by atoms with Crippen LogP contribution in [0.3, 0.4) is 0 Å². The average Bonchev–Trinajstić information content (AvgIpc) is 2.38. The van der Waals surface area contributed by atoms with Crippen LogP contribution in [-0.4, -0.2) is 12.1 Å². The molecular weight excluding hydrogens is 305 g/mol. The molecule has 2 aromatic rings. The monoisotopic (exact) mass is 315 g/mol. The number of allylic oxidation sites excluding steroid dienone is 1. The number of hydrogen-bond acceptors (Lipinski definition) is 2. The molecule has 0 atom stereocenters. The van der Waals surface area contributed by atoms with Gasteiger partial charge in [0.2, 0.25) is 0 Å². The zero-order valence-corrected chi connectivity index (χ0v) is 12.8. The molecule has 19 heavy (non-hydrogen) atoms. The highest BCUT2D eigenvalue weighted by atomic mass is 35.5. The van der Waals surface area contributed by atoms with E-state index in [1.807, 2.05) is 25.1 Å². The molecule has 0 aliphatic carbocycles. The van der Waals surface area contributed by atoms with Crippen molar-refractivity contribution in [3.63, 3.8) is 0 Å². The molecule has 0 unspecified atom stereocenters. The maximum absolute atomic E-state index is 6.45. The Kier molecular flexibility index (Phi) is 4.56. The molecule has 0 aliphatic rings. The Hall–Kier alpha value is -0.960. The second-order valence-corrected chi connectivity index (χ2v) is 5.46. The Morgan fingerprint density at radius 1 is 1.37 bits per heavy atom. The van der Waals surface area contributed by atoms with Crippen LogP contribution in [0.1, 0.15) is 11.3 Å². The summed E-state index contributed by atoms with van der Waals surface area (Å²) in [5.41, 5.74) is 2.63. The number of aromatic nitrogens is 1. The molecule has 0 aliphatic heterocycles. The Balaban J connectivity index is 2.61. The van der Waals surface area contributed by atoms with Crippen LogP contribution in [0.15, 0.2) is 28.8 Å². The molecule has 1 heterocycles. The lowest BCUT2D eigenvalue weighted by molar-refractivity contribution is 0.415. The van der Waals surface area contributed by atoms with E-state index in [-0.39, 0.29) is 4.49 Å². The Morgan fingerprint density at radius 2 is 2.11 bits per heavy atom. The zero-order valence-electron chi connectivity index (χ0n) is 10.5. The maximum Gasteiger partial charge on any atom is 0.119 e. The second-order valence-electron chi connectivity index (χ2n) is 4.07. The number of rotatable bonds is 3. The molecule has 2 rings (SSSR count). The van der Waals surface area contributed by atoms with Crippen molar-refractivity contribution in [3.05, 3.63) is 45.0 Å². The van der Waals surface area contributed by atoms with E-state index in [0.717, 1.165) is 27.9 Å². The van der Waals surface area contributed by atoms with Crippen LogP contribution in [0, 0.1) is 6.92 Å². The van der Waals surface area contributed by atoms with Crippen molar-refractivity contribution in [2.24, 2.45) is 0 Å². The van der Waals surface area contributed by atoms with Crippen molar-refractivity contribution in [1.82, 2.24) is 4.98 Å². The minimum absolute atomic E-state index is 0.223. The number of pyridine rings is 1. The molecular formula is C14H12Cl3NO. The van der Waals surface area contributed by atoms with Crippen molar-refractivity contribution >= 4 is 45.7 Å². The number of halogens is 3. The molecule has 0 radical (unpaired) electrons. The third-order valence-corrected chi connectivity index (χ3v) is 3.63. The standard InChI is InChI=1S/C14H12Cl3NO/c1-8-10(4-6-13(15)16)14(17)11-7-9(19-2)3-5-12(11)18-8/h3,5-7H,4H2,1-2H3. The molecule has 0 amide bonds. The van der Waals surface area contributed by atoms with Crippen molar-refractivity contribution in [2.45, 2.75) is 13.3 Å². The third kappa shape index (κ3) is 3.14. The summed E-state index contributed by atoms with van der Waals surface area (Å²) in [4.78, 5) is 4.53. The van der Waals surface area contributed by atoms with Crippen molar-refractivity contribution < 1.29 is 4.74 Å². The first-order valence-corrected chi connectivity index (χ1v) is 6.80. The lowest BCUT2D eigenvalue weighted by atomic mass is 10.1. The predicted molar refractivity (Wildman–Crippen MR) is 81.5 cm³/mol. The minimum atomic E-state index is 0.223. The van der Waals surface area contributed by atoms with E-state index >= 15 is 0 Å². The van der Waals surface area contributed by atoms with E-state index in [4.69, 9.17) is 39.5 Å². The van der Waals surface area contributed by atoms with Gasteiger partial charge in [0.05, 0.1) is 17.6 Å². The molecule has 1 aromatic carbocycles. The van der Waals surface area contributed by atoms with E-state index < -0.39 is 0 Å². The largest absolute Gasteiger partial charge is 0.497 e. The zero-order chi connectivity index (χ0) is 14.0. The lowest BCUT2D eigenvalue weighted by Crippen LogP contribution is -1.95. The van der Waals surface area contributed by atoms with E-state index in [1.165, 1.54) is 0 Å². The van der Waals surface area contributed by atoms with E-state index in [2.05, 4.69) is 4.98 Å². The van der Waals surface area contributed by atoms with Gasteiger partial charge in [0.25, 0.3) is 0 Å². The van der Waals surface area contributed by atoms with E-state index in [9.17, 15) is 0 Å².